The minimum absolute atomic E-state index is 0.210. The number of aromatic nitrogens is 3. The molecule has 0 atom stereocenters. The molecule has 0 fully saturated rings. The van der Waals surface area contributed by atoms with Gasteiger partial charge in [-0.1, -0.05) is 6.07 Å². The van der Waals surface area contributed by atoms with Gasteiger partial charge >= 0.3 is 5.97 Å². The summed E-state index contributed by atoms with van der Waals surface area (Å²) in [6.45, 7) is 0. The molecule has 2 aromatic rings. The van der Waals surface area contributed by atoms with Crippen LogP contribution in [0.15, 0.2) is 43.1 Å². The molecule has 1 amide bonds. The first kappa shape index (κ1) is 13.3. The maximum Gasteiger partial charge on any atom is 0.328 e. The molecule has 0 spiro atoms. The number of carboxylic acid groups (broad SMARTS) is 1. The number of anilines is 1. The second-order valence-corrected chi connectivity index (χ2v) is 3.73. The molecular weight excluding hydrogens is 260 g/mol. The Balaban J connectivity index is 2.06. The van der Waals surface area contributed by atoms with Gasteiger partial charge in [0.25, 0.3) is 5.91 Å². The molecule has 0 bridgehead atoms. The number of nitrogens with one attached hydrogen (secondary N) is 1. The number of nitrogens with zero attached hydrogens (tertiary/aromatic N) is 3. The van der Waals surface area contributed by atoms with Crippen molar-refractivity contribution in [3.8, 4) is 0 Å². The third kappa shape index (κ3) is 3.70. The summed E-state index contributed by atoms with van der Waals surface area (Å²) in [4.78, 5) is 33.7. The normalized spacial score (nSPS) is 10.4. The van der Waals surface area contributed by atoms with E-state index in [9.17, 15) is 9.59 Å². The summed E-state index contributed by atoms with van der Waals surface area (Å²) in [5.74, 6) is -1.44. The van der Waals surface area contributed by atoms with Crippen LogP contribution in [0.2, 0.25) is 0 Å². The highest BCUT2D eigenvalue weighted by molar-refractivity contribution is 6.02. The van der Waals surface area contributed by atoms with Gasteiger partial charge in [0.2, 0.25) is 0 Å². The third-order valence-electron chi connectivity index (χ3n) is 2.26. The molecule has 2 N–H and O–H groups in total. The SMILES string of the molecule is O=C(O)/C=C/c1ccc(C(=O)Nc2cncnc2)nc1. The minimum Gasteiger partial charge on any atom is -0.478 e. The number of carboxylic acids is 1. The first-order valence-corrected chi connectivity index (χ1v) is 5.58. The van der Waals surface area contributed by atoms with Gasteiger partial charge in [-0.3, -0.25) is 9.78 Å². The maximum atomic E-state index is 11.9. The fraction of sp³-hybridized carbons (Fsp3) is 0. The van der Waals surface area contributed by atoms with E-state index in [1.54, 1.807) is 6.07 Å². The number of aliphatic carboxylic acids is 1. The lowest BCUT2D eigenvalue weighted by Crippen LogP contribution is -2.13. The molecule has 0 aliphatic carbocycles. The van der Waals surface area contributed by atoms with Crippen LogP contribution in [0.5, 0.6) is 0 Å². The largest absolute Gasteiger partial charge is 0.478 e. The zero-order valence-electron chi connectivity index (χ0n) is 10.2. The molecule has 0 saturated heterocycles. The summed E-state index contributed by atoms with van der Waals surface area (Å²) in [7, 11) is 0. The molecule has 0 aromatic carbocycles. The van der Waals surface area contributed by atoms with Crippen LogP contribution in [0.4, 0.5) is 5.69 Å². The lowest BCUT2D eigenvalue weighted by atomic mass is 10.2. The number of carbonyl (C=O) groups is 2. The Labute approximate surface area is 114 Å². The van der Waals surface area contributed by atoms with Crippen LogP contribution in [0.3, 0.4) is 0 Å². The monoisotopic (exact) mass is 270 g/mol. The van der Waals surface area contributed by atoms with E-state index in [-0.39, 0.29) is 5.69 Å². The standard InChI is InChI=1S/C13H10N4O3/c18-12(19)4-2-9-1-3-11(16-5-9)13(20)17-10-6-14-8-15-7-10/h1-8H,(H,17,20)(H,18,19)/b4-2+. The van der Waals surface area contributed by atoms with Gasteiger partial charge in [-0.05, 0) is 17.7 Å². The van der Waals surface area contributed by atoms with Gasteiger partial charge in [-0.15, -0.1) is 0 Å². The molecule has 2 rings (SSSR count). The van der Waals surface area contributed by atoms with Crippen molar-refractivity contribution in [2.75, 3.05) is 5.32 Å². The topological polar surface area (TPSA) is 105 Å². The lowest BCUT2D eigenvalue weighted by Gasteiger charge is -2.03. The van der Waals surface area contributed by atoms with Crippen molar-refractivity contribution in [1.29, 1.82) is 0 Å². The van der Waals surface area contributed by atoms with E-state index in [1.165, 1.54) is 37.1 Å². The minimum atomic E-state index is -1.05. The lowest BCUT2D eigenvalue weighted by molar-refractivity contribution is -0.131. The van der Waals surface area contributed by atoms with Crippen LogP contribution in [0.25, 0.3) is 6.08 Å². The number of pyridine rings is 1. The fourth-order valence-corrected chi connectivity index (χ4v) is 1.36. The molecule has 100 valence electrons. The zero-order valence-corrected chi connectivity index (χ0v) is 10.2. The van der Waals surface area contributed by atoms with Crippen molar-refractivity contribution in [3.63, 3.8) is 0 Å². The van der Waals surface area contributed by atoms with Gasteiger partial charge in [0.1, 0.15) is 12.0 Å². The van der Waals surface area contributed by atoms with Gasteiger partial charge in [0, 0.05) is 12.3 Å². The molecule has 0 aliphatic rings. The van der Waals surface area contributed by atoms with E-state index < -0.39 is 11.9 Å². The van der Waals surface area contributed by atoms with Crippen molar-refractivity contribution >= 4 is 23.6 Å². The van der Waals surface area contributed by atoms with Gasteiger partial charge in [0.05, 0.1) is 18.1 Å². The van der Waals surface area contributed by atoms with Crippen LogP contribution in [-0.2, 0) is 4.79 Å². The van der Waals surface area contributed by atoms with Crippen LogP contribution in [0.1, 0.15) is 16.1 Å². The molecule has 20 heavy (non-hydrogen) atoms. The van der Waals surface area contributed by atoms with Crippen molar-refractivity contribution in [2.45, 2.75) is 0 Å². The molecule has 2 aromatic heterocycles. The van der Waals surface area contributed by atoms with E-state index in [2.05, 4.69) is 20.3 Å². The Morgan fingerprint density at radius 1 is 1.15 bits per heavy atom. The van der Waals surface area contributed by atoms with Crippen LogP contribution in [-0.4, -0.2) is 31.9 Å². The van der Waals surface area contributed by atoms with Crippen molar-refractivity contribution in [2.24, 2.45) is 0 Å². The van der Waals surface area contributed by atoms with E-state index in [0.717, 1.165) is 6.08 Å². The quantitative estimate of drug-likeness (QED) is 0.809. The predicted molar refractivity (Wildman–Crippen MR) is 70.9 cm³/mol. The summed E-state index contributed by atoms with van der Waals surface area (Å²) < 4.78 is 0. The Hall–Kier alpha value is -3.09. The van der Waals surface area contributed by atoms with Crippen LogP contribution < -0.4 is 5.32 Å². The van der Waals surface area contributed by atoms with E-state index in [1.807, 2.05) is 0 Å². The molecular formula is C13H10N4O3. The smallest absolute Gasteiger partial charge is 0.328 e. The molecule has 0 radical (unpaired) electrons. The van der Waals surface area contributed by atoms with E-state index in [4.69, 9.17) is 5.11 Å². The first-order chi connectivity index (χ1) is 9.65. The predicted octanol–water partition coefficient (Wildman–Crippen LogP) is 1.22. The van der Waals surface area contributed by atoms with Gasteiger partial charge in [-0.25, -0.2) is 14.8 Å². The van der Waals surface area contributed by atoms with Crippen molar-refractivity contribution in [1.82, 2.24) is 15.0 Å². The van der Waals surface area contributed by atoms with Crippen LogP contribution >= 0.6 is 0 Å². The molecule has 7 heteroatoms. The Bertz CT molecular complexity index is 638. The molecule has 0 saturated carbocycles. The van der Waals surface area contributed by atoms with Crippen LogP contribution in [0, 0.1) is 0 Å². The number of rotatable bonds is 4. The number of hydrogen-bond donors (Lipinski definition) is 2. The van der Waals surface area contributed by atoms with E-state index in [0.29, 0.717) is 11.3 Å². The second kappa shape index (κ2) is 6.19. The summed E-state index contributed by atoms with van der Waals surface area (Å²) in [5, 5.41) is 11.1. The summed E-state index contributed by atoms with van der Waals surface area (Å²) in [6, 6.07) is 3.10. The summed E-state index contributed by atoms with van der Waals surface area (Å²) >= 11 is 0. The number of amides is 1. The number of carbonyl (C=O) groups excluding carboxylic acids is 1. The van der Waals surface area contributed by atoms with Crippen molar-refractivity contribution in [3.05, 3.63) is 54.4 Å². The summed E-state index contributed by atoms with van der Waals surface area (Å²) in [6.07, 6.45) is 8.09. The van der Waals surface area contributed by atoms with E-state index >= 15 is 0 Å². The highest BCUT2D eigenvalue weighted by Crippen LogP contribution is 2.06. The van der Waals surface area contributed by atoms with Gasteiger partial charge in [-0.2, -0.15) is 0 Å². The van der Waals surface area contributed by atoms with Gasteiger partial charge in [0.15, 0.2) is 0 Å². The third-order valence-corrected chi connectivity index (χ3v) is 2.26. The Kier molecular flexibility index (Phi) is 4.13. The molecule has 7 nitrogen and oxygen atoms in total. The van der Waals surface area contributed by atoms with Crippen molar-refractivity contribution < 1.29 is 14.7 Å². The average Bonchev–Trinajstić information content (AvgIpc) is 2.46. The Morgan fingerprint density at radius 3 is 2.50 bits per heavy atom. The fourth-order valence-electron chi connectivity index (χ4n) is 1.36. The first-order valence-electron chi connectivity index (χ1n) is 5.58. The maximum absolute atomic E-state index is 11.9. The number of hydrogen-bond acceptors (Lipinski definition) is 5. The Morgan fingerprint density at radius 2 is 1.90 bits per heavy atom. The molecule has 2 heterocycles. The molecule has 0 aliphatic heterocycles. The average molecular weight is 270 g/mol. The summed E-state index contributed by atoms with van der Waals surface area (Å²) in [5.41, 5.74) is 1.27. The second-order valence-electron chi connectivity index (χ2n) is 3.73. The molecule has 0 unspecified atom stereocenters. The highest BCUT2D eigenvalue weighted by Gasteiger charge is 2.07. The highest BCUT2D eigenvalue weighted by atomic mass is 16.4. The zero-order chi connectivity index (χ0) is 14.4. The van der Waals surface area contributed by atoms with Gasteiger partial charge < -0.3 is 10.4 Å².